The number of hydrogen-bond acceptors (Lipinski definition) is 5. The van der Waals surface area contributed by atoms with Crippen molar-refractivity contribution >= 4 is 22.6 Å². The molecular weight excluding hydrogens is 414 g/mol. The Hall–Kier alpha value is -3.49. The number of alkyl halides is 2. The largest absolute Gasteiger partial charge is 0.332 e. The Morgan fingerprint density at radius 2 is 1.91 bits per heavy atom. The number of aromatic nitrogens is 5. The molecule has 6 rings (SSSR count). The molecule has 1 amide bonds. The van der Waals surface area contributed by atoms with Crippen LogP contribution in [0.25, 0.3) is 16.7 Å². The van der Waals surface area contributed by atoms with Gasteiger partial charge >= 0.3 is 0 Å². The SMILES string of the molecule is O=C(c1cccc2cccnc12)N1[C@H]2CC[C@H](c3cc(C(F)F)nc4ncnn34)[C@@H]1CC2. The van der Waals surface area contributed by atoms with Crippen LogP contribution in [0.3, 0.4) is 0 Å². The summed E-state index contributed by atoms with van der Waals surface area (Å²) in [5, 5.41) is 5.15. The van der Waals surface area contributed by atoms with E-state index >= 15 is 0 Å². The fourth-order valence-electron chi connectivity index (χ4n) is 5.46. The molecule has 2 saturated heterocycles. The molecule has 3 aromatic heterocycles. The highest BCUT2D eigenvalue weighted by atomic mass is 19.3. The van der Waals surface area contributed by atoms with Gasteiger partial charge in [-0.15, -0.1) is 0 Å². The van der Waals surface area contributed by atoms with Crippen LogP contribution in [0, 0.1) is 0 Å². The van der Waals surface area contributed by atoms with E-state index in [-0.39, 0.29) is 35.4 Å². The Morgan fingerprint density at radius 3 is 2.78 bits per heavy atom. The lowest BCUT2D eigenvalue weighted by Gasteiger charge is -2.40. The van der Waals surface area contributed by atoms with Crippen molar-refractivity contribution in [3.8, 4) is 0 Å². The first-order chi connectivity index (χ1) is 15.6. The molecule has 32 heavy (non-hydrogen) atoms. The van der Waals surface area contributed by atoms with Crippen LogP contribution < -0.4 is 0 Å². The molecule has 2 fully saturated rings. The minimum Gasteiger partial charge on any atom is -0.332 e. The zero-order valence-corrected chi connectivity index (χ0v) is 17.1. The maximum Gasteiger partial charge on any atom is 0.280 e. The third-order valence-corrected chi connectivity index (χ3v) is 6.82. The van der Waals surface area contributed by atoms with E-state index in [4.69, 9.17) is 0 Å². The zero-order valence-electron chi connectivity index (χ0n) is 17.1. The van der Waals surface area contributed by atoms with E-state index in [2.05, 4.69) is 20.1 Å². The van der Waals surface area contributed by atoms with E-state index in [1.54, 1.807) is 6.20 Å². The third kappa shape index (κ3) is 2.87. The number of pyridine rings is 1. The summed E-state index contributed by atoms with van der Waals surface area (Å²) in [5.41, 5.74) is 1.59. The van der Waals surface area contributed by atoms with E-state index < -0.39 is 6.43 Å². The summed E-state index contributed by atoms with van der Waals surface area (Å²) < 4.78 is 28.6. The second-order valence-electron chi connectivity index (χ2n) is 8.45. The van der Waals surface area contributed by atoms with Gasteiger partial charge in [0, 0.05) is 29.6 Å². The summed E-state index contributed by atoms with van der Waals surface area (Å²) in [5.74, 6) is -0.0103. The predicted molar refractivity (Wildman–Crippen MR) is 112 cm³/mol. The molecule has 3 atom stereocenters. The molecule has 0 spiro atoms. The van der Waals surface area contributed by atoms with Gasteiger partial charge in [0.2, 0.25) is 0 Å². The maximum absolute atomic E-state index is 13.8. The molecule has 0 aliphatic carbocycles. The van der Waals surface area contributed by atoms with Gasteiger partial charge in [0.1, 0.15) is 12.0 Å². The van der Waals surface area contributed by atoms with Crippen LogP contribution in [0.4, 0.5) is 8.78 Å². The van der Waals surface area contributed by atoms with Crippen LogP contribution in [-0.4, -0.2) is 47.5 Å². The fourth-order valence-corrected chi connectivity index (χ4v) is 5.46. The van der Waals surface area contributed by atoms with E-state index in [9.17, 15) is 13.6 Å². The number of benzene rings is 1. The van der Waals surface area contributed by atoms with Gasteiger partial charge in [0.25, 0.3) is 18.1 Å². The summed E-state index contributed by atoms with van der Waals surface area (Å²) in [4.78, 5) is 28.1. The summed E-state index contributed by atoms with van der Waals surface area (Å²) in [6, 6.07) is 10.9. The van der Waals surface area contributed by atoms with Crippen molar-refractivity contribution in [1.82, 2.24) is 29.5 Å². The monoisotopic (exact) mass is 434 g/mol. The number of para-hydroxylation sites is 1. The summed E-state index contributed by atoms with van der Waals surface area (Å²) in [7, 11) is 0. The van der Waals surface area contributed by atoms with E-state index in [1.165, 1.54) is 16.9 Å². The van der Waals surface area contributed by atoms with E-state index in [0.717, 1.165) is 31.1 Å². The van der Waals surface area contributed by atoms with Gasteiger partial charge < -0.3 is 4.90 Å². The molecule has 2 bridgehead atoms. The number of fused-ring (bicyclic) bond motifs is 4. The molecule has 0 saturated carbocycles. The lowest BCUT2D eigenvalue weighted by molar-refractivity contribution is 0.0555. The minimum absolute atomic E-state index is 0.0514. The molecule has 0 unspecified atom stereocenters. The van der Waals surface area contributed by atoms with Crippen molar-refractivity contribution in [1.29, 1.82) is 0 Å². The smallest absolute Gasteiger partial charge is 0.280 e. The second kappa shape index (κ2) is 7.29. The highest BCUT2D eigenvalue weighted by molar-refractivity contribution is 6.05. The van der Waals surface area contributed by atoms with Gasteiger partial charge in [-0.25, -0.2) is 18.3 Å². The quantitative estimate of drug-likeness (QED) is 0.484. The lowest BCUT2D eigenvalue weighted by Crippen LogP contribution is -2.47. The first kappa shape index (κ1) is 19.2. The minimum atomic E-state index is -2.70. The van der Waals surface area contributed by atoms with Gasteiger partial charge in [-0.1, -0.05) is 18.2 Å². The molecule has 7 nitrogen and oxygen atoms in total. The molecule has 4 aromatic rings. The Kier molecular flexibility index (Phi) is 4.38. The van der Waals surface area contributed by atoms with Crippen LogP contribution >= 0.6 is 0 Å². The van der Waals surface area contributed by atoms with E-state index in [0.29, 0.717) is 16.8 Å². The van der Waals surface area contributed by atoms with Crippen LogP contribution in [0.1, 0.15) is 59.8 Å². The number of carbonyl (C=O) groups excluding carboxylic acids is 1. The Labute approximate surface area is 182 Å². The molecule has 2 aliphatic heterocycles. The number of halogens is 2. The van der Waals surface area contributed by atoms with Crippen molar-refractivity contribution in [3.05, 3.63) is 65.9 Å². The normalized spacial score (nSPS) is 22.8. The molecular formula is C23H20F2N6O. The number of rotatable bonds is 3. The topological polar surface area (TPSA) is 76.3 Å². The molecule has 5 heterocycles. The fraction of sp³-hybridized carbons (Fsp3) is 0.348. The predicted octanol–water partition coefficient (Wildman–Crippen LogP) is 4.16. The average Bonchev–Trinajstić information content (AvgIpc) is 3.41. The number of piperidine rings is 1. The molecule has 162 valence electrons. The Morgan fingerprint density at radius 1 is 1.06 bits per heavy atom. The second-order valence-corrected chi connectivity index (χ2v) is 8.45. The van der Waals surface area contributed by atoms with Crippen molar-refractivity contribution < 1.29 is 13.6 Å². The summed E-state index contributed by atoms with van der Waals surface area (Å²) in [6.45, 7) is 0. The standard InChI is InChI=1S/C23H20F2N6O/c24-21(25)17-11-19(31-23(29-17)27-12-28-31)15-8-6-14-7-9-18(15)30(14)22(32)16-5-1-3-13-4-2-10-26-20(13)16/h1-5,10-12,14-15,18,21H,6-9H2/t14-,15-,18-/m0/s1. The van der Waals surface area contributed by atoms with Crippen molar-refractivity contribution in [2.24, 2.45) is 0 Å². The highest BCUT2D eigenvalue weighted by Gasteiger charge is 2.46. The third-order valence-electron chi connectivity index (χ3n) is 6.82. The number of carbonyl (C=O) groups is 1. The average molecular weight is 434 g/mol. The molecule has 0 radical (unpaired) electrons. The first-order valence-electron chi connectivity index (χ1n) is 10.8. The van der Waals surface area contributed by atoms with Crippen LogP contribution in [-0.2, 0) is 0 Å². The van der Waals surface area contributed by atoms with Crippen molar-refractivity contribution in [3.63, 3.8) is 0 Å². The van der Waals surface area contributed by atoms with Crippen molar-refractivity contribution in [2.45, 2.75) is 50.1 Å². The maximum atomic E-state index is 13.8. The molecule has 1 aromatic carbocycles. The Balaban J connectivity index is 1.43. The summed E-state index contributed by atoms with van der Waals surface area (Å²) >= 11 is 0. The van der Waals surface area contributed by atoms with Gasteiger partial charge in [0.05, 0.1) is 16.8 Å². The van der Waals surface area contributed by atoms with Crippen LogP contribution in [0.2, 0.25) is 0 Å². The van der Waals surface area contributed by atoms with E-state index in [1.807, 2.05) is 35.2 Å². The van der Waals surface area contributed by atoms with Crippen LogP contribution in [0.15, 0.2) is 48.9 Å². The first-order valence-corrected chi connectivity index (χ1v) is 10.8. The number of hydrogen-bond donors (Lipinski definition) is 0. The van der Waals surface area contributed by atoms with Crippen LogP contribution in [0.5, 0.6) is 0 Å². The highest BCUT2D eigenvalue weighted by Crippen LogP contribution is 2.45. The Bertz CT molecular complexity index is 1330. The molecule has 2 aliphatic rings. The zero-order chi connectivity index (χ0) is 21.8. The molecule has 9 heteroatoms. The van der Waals surface area contributed by atoms with Crippen molar-refractivity contribution in [2.75, 3.05) is 0 Å². The molecule has 0 N–H and O–H groups in total. The van der Waals surface area contributed by atoms with Gasteiger partial charge in [-0.2, -0.15) is 10.1 Å². The lowest BCUT2D eigenvalue weighted by atomic mass is 9.86. The van der Waals surface area contributed by atoms with Gasteiger partial charge in [0.15, 0.2) is 0 Å². The van der Waals surface area contributed by atoms with Gasteiger partial charge in [-0.3, -0.25) is 9.78 Å². The van der Waals surface area contributed by atoms with Gasteiger partial charge in [-0.05, 0) is 43.9 Å². The number of nitrogens with zero attached hydrogens (tertiary/aromatic N) is 6. The summed E-state index contributed by atoms with van der Waals surface area (Å²) in [6.07, 6.45) is 3.65. The number of amides is 1.